The molecule has 0 aromatic carbocycles. The fourth-order valence-corrected chi connectivity index (χ4v) is 4.68. The van der Waals surface area contributed by atoms with Crippen molar-refractivity contribution in [3.8, 4) is 0 Å². The second-order valence-electron chi connectivity index (χ2n) is 9.26. The molecule has 158 valence electrons. The fourth-order valence-electron chi connectivity index (χ4n) is 4.68. The van der Waals surface area contributed by atoms with Crippen molar-refractivity contribution in [2.24, 2.45) is 0 Å². The van der Waals surface area contributed by atoms with Gasteiger partial charge >= 0.3 is 0 Å². The van der Waals surface area contributed by atoms with Crippen molar-refractivity contribution >= 4 is 16.7 Å². The highest BCUT2D eigenvalue weighted by molar-refractivity contribution is 5.86. The average molecular weight is 415 g/mol. The lowest BCUT2D eigenvalue weighted by atomic mass is 9.88. The van der Waals surface area contributed by atoms with Gasteiger partial charge in [-0.25, -0.2) is 19.9 Å². The van der Waals surface area contributed by atoms with Crippen molar-refractivity contribution in [3.05, 3.63) is 52.7 Å². The van der Waals surface area contributed by atoms with Gasteiger partial charge in [0, 0.05) is 35.9 Å². The summed E-state index contributed by atoms with van der Waals surface area (Å²) in [4.78, 5) is 19.2. The number of rotatable bonds is 4. The summed E-state index contributed by atoms with van der Waals surface area (Å²) in [6, 6.07) is 0.575. The topological polar surface area (TPSA) is 78.6 Å². The lowest BCUT2D eigenvalue weighted by Gasteiger charge is -2.33. The van der Waals surface area contributed by atoms with Crippen LogP contribution in [-0.4, -0.2) is 35.8 Å². The largest absolute Gasteiger partial charge is 0.370 e. The molecule has 3 aromatic rings. The summed E-state index contributed by atoms with van der Waals surface area (Å²) in [5, 5.41) is 4.56. The van der Waals surface area contributed by atoms with Gasteiger partial charge in [-0.05, 0) is 52.0 Å². The van der Waals surface area contributed by atoms with E-state index < -0.39 is 0 Å². The van der Waals surface area contributed by atoms with Crippen molar-refractivity contribution in [3.63, 3.8) is 0 Å². The Labute approximate surface area is 181 Å². The molecule has 0 radical (unpaired) electrons. The Morgan fingerprint density at radius 3 is 2.71 bits per heavy atom. The second kappa shape index (κ2) is 7.08. The summed E-state index contributed by atoms with van der Waals surface area (Å²) in [5.41, 5.74) is 10.1. The Balaban J connectivity index is 1.38. The van der Waals surface area contributed by atoms with E-state index in [1.54, 1.807) is 6.20 Å². The third kappa shape index (κ3) is 3.48. The number of aromatic nitrogens is 6. The molecule has 3 aromatic heterocycles. The molecule has 7 heteroatoms. The van der Waals surface area contributed by atoms with E-state index in [0.717, 1.165) is 53.1 Å². The van der Waals surface area contributed by atoms with E-state index in [2.05, 4.69) is 45.5 Å². The van der Waals surface area contributed by atoms with Crippen LogP contribution in [-0.2, 0) is 4.74 Å². The number of aryl methyl sites for hydroxylation is 1. The third-order valence-electron chi connectivity index (χ3n) is 6.43. The van der Waals surface area contributed by atoms with Gasteiger partial charge in [-0.15, -0.1) is 5.73 Å². The van der Waals surface area contributed by atoms with Gasteiger partial charge in [-0.2, -0.15) is 5.10 Å². The summed E-state index contributed by atoms with van der Waals surface area (Å²) in [5.74, 6) is 1.05. The molecule has 0 unspecified atom stereocenters. The lowest BCUT2D eigenvalue weighted by Crippen LogP contribution is -2.26. The van der Waals surface area contributed by atoms with Crippen LogP contribution in [0.5, 0.6) is 0 Å². The number of hydrogen-bond acceptors (Lipinski definition) is 6. The Morgan fingerprint density at radius 2 is 1.94 bits per heavy atom. The number of nitrogens with zero attached hydrogens (tertiary/aromatic N) is 6. The maximum atomic E-state index is 6.31. The molecule has 3 atom stereocenters. The molecule has 0 N–H and O–H groups in total. The van der Waals surface area contributed by atoms with Crippen LogP contribution in [0.1, 0.15) is 86.8 Å². The predicted molar refractivity (Wildman–Crippen MR) is 116 cm³/mol. The molecule has 0 spiro atoms. The summed E-state index contributed by atoms with van der Waals surface area (Å²) < 4.78 is 8.40. The Bertz CT molecular complexity index is 1250. The van der Waals surface area contributed by atoms with Gasteiger partial charge in [0.1, 0.15) is 17.0 Å². The first kappa shape index (κ1) is 18.8. The Morgan fingerprint density at radius 1 is 1.10 bits per heavy atom. The van der Waals surface area contributed by atoms with Crippen LogP contribution in [0.25, 0.3) is 16.7 Å². The number of allylic oxidation sites excluding steroid dienone is 1. The molecule has 1 aliphatic heterocycles. The predicted octanol–water partition coefficient (Wildman–Crippen LogP) is 4.62. The van der Waals surface area contributed by atoms with Crippen LogP contribution < -0.4 is 0 Å². The summed E-state index contributed by atoms with van der Waals surface area (Å²) in [6.45, 7) is 6.18. The minimum atomic E-state index is 0.0117. The molecule has 7 nitrogen and oxygen atoms in total. The first-order valence-electron chi connectivity index (χ1n) is 11.2. The normalized spacial score (nSPS) is 25.8. The lowest BCUT2D eigenvalue weighted by molar-refractivity contribution is -0.0511. The Hall–Kier alpha value is -2.89. The van der Waals surface area contributed by atoms with Gasteiger partial charge < -0.3 is 4.74 Å². The highest BCUT2D eigenvalue weighted by Gasteiger charge is 2.33. The van der Waals surface area contributed by atoms with E-state index >= 15 is 0 Å². The minimum Gasteiger partial charge on any atom is -0.370 e. The summed E-state index contributed by atoms with van der Waals surface area (Å²) in [6.07, 6.45) is 11.1. The van der Waals surface area contributed by atoms with Crippen LogP contribution in [0.4, 0.5) is 0 Å². The molecule has 0 bridgehead atoms. The molecule has 31 heavy (non-hydrogen) atoms. The van der Waals surface area contributed by atoms with E-state index in [9.17, 15) is 0 Å². The highest BCUT2D eigenvalue weighted by atomic mass is 16.5. The fraction of sp³-hybridized carbons (Fsp3) is 0.500. The third-order valence-corrected chi connectivity index (χ3v) is 6.43. The van der Waals surface area contributed by atoms with Crippen LogP contribution in [0.3, 0.4) is 0 Å². The zero-order valence-electron chi connectivity index (χ0n) is 18.2. The van der Waals surface area contributed by atoms with Crippen molar-refractivity contribution in [1.29, 1.82) is 0 Å². The number of fused-ring (bicyclic) bond motifs is 1. The summed E-state index contributed by atoms with van der Waals surface area (Å²) in [7, 11) is 0. The first-order chi connectivity index (χ1) is 15.0. The molecule has 0 amide bonds. The monoisotopic (exact) mass is 414 g/mol. The van der Waals surface area contributed by atoms with Crippen molar-refractivity contribution in [2.75, 3.05) is 0 Å². The van der Waals surface area contributed by atoms with Gasteiger partial charge in [-0.3, -0.25) is 4.68 Å². The maximum Gasteiger partial charge on any atom is 0.182 e. The van der Waals surface area contributed by atoms with E-state index in [0.29, 0.717) is 11.7 Å². The Kier molecular flexibility index (Phi) is 4.30. The van der Waals surface area contributed by atoms with Crippen LogP contribution in [0.15, 0.2) is 29.9 Å². The van der Waals surface area contributed by atoms with Gasteiger partial charge in [0.15, 0.2) is 5.65 Å². The van der Waals surface area contributed by atoms with Crippen LogP contribution >= 0.6 is 0 Å². The molecule has 6 rings (SSSR count). The van der Waals surface area contributed by atoms with E-state index in [1.807, 2.05) is 13.1 Å². The zero-order valence-corrected chi connectivity index (χ0v) is 18.2. The molecule has 2 aliphatic carbocycles. The smallest absolute Gasteiger partial charge is 0.182 e. The van der Waals surface area contributed by atoms with E-state index in [4.69, 9.17) is 14.7 Å². The molecule has 1 saturated heterocycles. The van der Waals surface area contributed by atoms with E-state index in [-0.39, 0.29) is 18.1 Å². The molecule has 1 saturated carbocycles. The number of ether oxygens (including phenoxy) is 1. The quantitative estimate of drug-likeness (QED) is 0.580. The molecular formula is C24H26N6O. The standard InChI is InChI=1S/C24H26N6O/c1-13-6-16(7-13)21-22-24(27-14(2)10-25-22)29-23(28-21)17-8-15(3)31-20(9-17)18-11-26-30(12-18)19-4-5-19/h10-12,15,17,19-20H,4-6,8-9H2,1-3H3/t15-,17+,20-/m1/s1. The van der Waals surface area contributed by atoms with E-state index in [1.165, 1.54) is 18.4 Å². The van der Waals surface area contributed by atoms with Crippen molar-refractivity contribution in [2.45, 2.75) is 77.0 Å². The average Bonchev–Trinajstić information content (AvgIpc) is 3.46. The highest BCUT2D eigenvalue weighted by Crippen LogP contribution is 2.41. The SMILES string of the molecule is CC1=C=C(c2nc([C@H]3C[C@@H](C)O[C@@H](c4cnn(C5CC5)c4)C3)nc3nc(C)cnc23)C1. The molecule has 4 heterocycles. The minimum absolute atomic E-state index is 0.0117. The van der Waals surface area contributed by atoms with Gasteiger partial charge in [-0.1, -0.05) is 0 Å². The van der Waals surface area contributed by atoms with Crippen molar-refractivity contribution < 1.29 is 4.74 Å². The number of hydrogen-bond donors (Lipinski definition) is 0. The second-order valence-corrected chi connectivity index (χ2v) is 9.26. The van der Waals surface area contributed by atoms with Gasteiger partial charge in [0.25, 0.3) is 0 Å². The zero-order chi connectivity index (χ0) is 21.1. The summed E-state index contributed by atoms with van der Waals surface area (Å²) >= 11 is 0. The molecular weight excluding hydrogens is 388 g/mol. The molecule has 3 aliphatic rings. The maximum absolute atomic E-state index is 6.31. The van der Waals surface area contributed by atoms with Crippen LogP contribution in [0, 0.1) is 6.92 Å². The first-order valence-corrected chi connectivity index (χ1v) is 11.2. The van der Waals surface area contributed by atoms with Crippen molar-refractivity contribution in [1.82, 2.24) is 29.7 Å². The van der Waals surface area contributed by atoms with Gasteiger partial charge in [0.2, 0.25) is 0 Å². The van der Waals surface area contributed by atoms with Gasteiger partial charge in [0.05, 0.1) is 30.1 Å². The van der Waals surface area contributed by atoms with Crippen LogP contribution in [0.2, 0.25) is 0 Å². The molecule has 2 fully saturated rings.